The summed E-state index contributed by atoms with van der Waals surface area (Å²) in [5, 5.41) is 0. The predicted octanol–water partition coefficient (Wildman–Crippen LogP) is 0.678. The van der Waals surface area contributed by atoms with Gasteiger partial charge in [-0.25, -0.2) is 9.18 Å². The zero-order chi connectivity index (χ0) is 8.97. The van der Waals surface area contributed by atoms with Crippen LogP contribution in [0.25, 0.3) is 0 Å². The first-order valence-corrected chi connectivity index (χ1v) is 3.16. The molecule has 4 heteroatoms. The number of aromatic nitrogens is 1. The van der Waals surface area contributed by atoms with E-state index in [1.807, 2.05) is 0 Å². The molecule has 0 saturated carbocycles. The monoisotopic (exact) mass is 167 g/mol. The van der Waals surface area contributed by atoms with E-state index >= 15 is 0 Å². The maximum absolute atomic E-state index is 12.3. The summed E-state index contributed by atoms with van der Waals surface area (Å²) in [6.07, 6.45) is 1.15. The number of rotatable bonds is 0. The number of halogens is 1. The van der Waals surface area contributed by atoms with Crippen LogP contribution in [0.3, 0.4) is 0 Å². The molecule has 0 aliphatic carbocycles. The molecule has 62 valence electrons. The summed E-state index contributed by atoms with van der Waals surface area (Å²) in [6, 6.07) is 1.19. The summed E-state index contributed by atoms with van der Waals surface area (Å²) >= 11 is 0. The third-order valence-corrected chi connectivity index (χ3v) is 1.13. The Morgan fingerprint density at radius 1 is 1.75 bits per heavy atom. The quantitative estimate of drug-likeness (QED) is 0.456. The Labute approximate surface area is 68.5 Å². The lowest BCUT2D eigenvalue weighted by atomic mass is 10.4. The van der Waals surface area contributed by atoms with Gasteiger partial charge in [0.15, 0.2) is 0 Å². The molecule has 0 fully saturated rings. The molecule has 1 aromatic rings. The summed E-state index contributed by atoms with van der Waals surface area (Å²) in [4.78, 5) is 13.0. The van der Waals surface area contributed by atoms with E-state index in [4.69, 9.17) is 0 Å². The van der Waals surface area contributed by atoms with E-state index in [-0.39, 0.29) is 0 Å². The standard InChI is InChI=1S/C8H6FNO2/c1-12-8(11)3-2-7-4-6(9)5-10-7/h4-5,10H,1H3. The van der Waals surface area contributed by atoms with E-state index < -0.39 is 11.8 Å². The van der Waals surface area contributed by atoms with Crippen molar-refractivity contribution in [3.05, 3.63) is 23.8 Å². The van der Waals surface area contributed by atoms with Crippen LogP contribution in [0.1, 0.15) is 5.69 Å². The van der Waals surface area contributed by atoms with E-state index in [1.54, 1.807) is 0 Å². The van der Waals surface area contributed by atoms with Gasteiger partial charge in [-0.1, -0.05) is 0 Å². The molecular weight excluding hydrogens is 161 g/mol. The lowest BCUT2D eigenvalue weighted by Crippen LogP contribution is -1.94. The van der Waals surface area contributed by atoms with E-state index in [2.05, 4.69) is 21.6 Å². The van der Waals surface area contributed by atoms with Crippen LogP contribution in [-0.4, -0.2) is 18.1 Å². The third-order valence-electron chi connectivity index (χ3n) is 1.13. The molecule has 0 aromatic carbocycles. The number of H-pyrrole nitrogens is 1. The third kappa shape index (κ3) is 2.13. The van der Waals surface area contributed by atoms with Crippen molar-refractivity contribution in [2.45, 2.75) is 0 Å². The molecule has 0 saturated heterocycles. The Hall–Kier alpha value is -1.76. The van der Waals surface area contributed by atoms with Gasteiger partial charge in [0.1, 0.15) is 5.82 Å². The lowest BCUT2D eigenvalue weighted by molar-refractivity contribution is -0.133. The van der Waals surface area contributed by atoms with Crippen LogP contribution in [0.15, 0.2) is 12.3 Å². The number of aromatic amines is 1. The zero-order valence-corrected chi connectivity index (χ0v) is 6.35. The normalized spacial score (nSPS) is 8.50. The SMILES string of the molecule is COC(=O)C#Cc1cc(F)c[nH]1. The fourth-order valence-corrected chi connectivity index (χ4v) is 0.609. The Morgan fingerprint density at radius 2 is 2.50 bits per heavy atom. The summed E-state index contributed by atoms with van der Waals surface area (Å²) < 4.78 is 16.6. The number of hydrogen-bond acceptors (Lipinski definition) is 2. The molecular formula is C8H6FNO2. The van der Waals surface area contributed by atoms with Gasteiger partial charge in [-0.2, -0.15) is 0 Å². The minimum absolute atomic E-state index is 0.345. The fourth-order valence-electron chi connectivity index (χ4n) is 0.609. The highest BCUT2D eigenvalue weighted by molar-refractivity contribution is 5.88. The number of esters is 1. The second kappa shape index (κ2) is 3.58. The highest BCUT2D eigenvalue weighted by Gasteiger charge is 1.94. The highest BCUT2D eigenvalue weighted by Crippen LogP contribution is 1.97. The first-order valence-electron chi connectivity index (χ1n) is 3.16. The molecule has 3 nitrogen and oxygen atoms in total. The van der Waals surface area contributed by atoms with Crippen LogP contribution in [0.4, 0.5) is 4.39 Å². The van der Waals surface area contributed by atoms with E-state index in [0.717, 1.165) is 6.20 Å². The fraction of sp³-hybridized carbons (Fsp3) is 0.125. The van der Waals surface area contributed by atoms with Crippen LogP contribution in [0, 0.1) is 17.7 Å². The summed E-state index contributed by atoms with van der Waals surface area (Å²) in [7, 11) is 1.23. The van der Waals surface area contributed by atoms with Gasteiger partial charge >= 0.3 is 5.97 Å². The Balaban J connectivity index is 2.73. The number of methoxy groups -OCH3 is 1. The Kier molecular flexibility index (Phi) is 2.49. The second-order valence-corrected chi connectivity index (χ2v) is 1.97. The molecule has 1 heterocycles. The highest BCUT2D eigenvalue weighted by atomic mass is 19.1. The maximum atomic E-state index is 12.3. The maximum Gasteiger partial charge on any atom is 0.384 e. The molecule has 0 unspecified atom stereocenters. The van der Waals surface area contributed by atoms with Crippen LogP contribution in [-0.2, 0) is 9.53 Å². The topological polar surface area (TPSA) is 42.1 Å². The van der Waals surface area contributed by atoms with Gasteiger partial charge < -0.3 is 9.72 Å². The predicted molar refractivity (Wildman–Crippen MR) is 39.6 cm³/mol. The summed E-state index contributed by atoms with van der Waals surface area (Å²) in [5.74, 6) is 3.49. The van der Waals surface area contributed by atoms with Gasteiger partial charge in [0.05, 0.1) is 12.8 Å². The summed E-state index contributed by atoms with van der Waals surface area (Å²) in [5.41, 5.74) is 0.345. The van der Waals surface area contributed by atoms with E-state index in [0.29, 0.717) is 5.69 Å². The van der Waals surface area contributed by atoms with Crippen LogP contribution >= 0.6 is 0 Å². The van der Waals surface area contributed by atoms with Crippen LogP contribution < -0.4 is 0 Å². The van der Waals surface area contributed by atoms with Crippen molar-refractivity contribution in [1.29, 1.82) is 0 Å². The number of nitrogens with one attached hydrogen (secondary N) is 1. The molecule has 12 heavy (non-hydrogen) atoms. The van der Waals surface area contributed by atoms with Gasteiger partial charge in [-0.3, -0.25) is 0 Å². The van der Waals surface area contributed by atoms with Crippen molar-refractivity contribution < 1.29 is 13.9 Å². The average molecular weight is 167 g/mol. The average Bonchev–Trinajstić information content (AvgIpc) is 2.47. The number of hydrogen-bond donors (Lipinski definition) is 1. The molecule has 1 rings (SSSR count). The minimum atomic E-state index is -0.648. The van der Waals surface area contributed by atoms with Gasteiger partial charge in [-0.05, 0) is 5.92 Å². The zero-order valence-electron chi connectivity index (χ0n) is 6.35. The van der Waals surface area contributed by atoms with Crippen molar-refractivity contribution in [1.82, 2.24) is 4.98 Å². The van der Waals surface area contributed by atoms with Crippen molar-refractivity contribution in [2.75, 3.05) is 7.11 Å². The van der Waals surface area contributed by atoms with Gasteiger partial charge in [0.2, 0.25) is 0 Å². The van der Waals surface area contributed by atoms with Gasteiger partial charge in [0.25, 0.3) is 0 Å². The Bertz CT molecular complexity index is 345. The lowest BCUT2D eigenvalue weighted by Gasteiger charge is -1.83. The van der Waals surface area contributed by atoms with Crippen molar-refractivity contribution in [2.24, 2.45) is 0 Å². The second-order valence-electron chi connectivity index (χ2n) is 1.97. The summed E-state index contributed by atoms with van der Waals surface area (Å²) in [6.45, 7) is 0. The first kappa shape index (κ1) is 8.34. The van der Waals surface area contributed by atoms with Gasteiger partial charge in [-0.15, -0.1) is 0 Å². The first-order chi connectivity index (χ1) is 5.72. The number of carbonyl (C=O) groups excluding carboxylic acids is 1. The van der Waals surface area contributed by atoms with Crippen molar-refractivity contribution in [3.8, 4) is 11.8 Å². The number of ether oxygens (including phenoxy) is 1. The van der Waals surface area contributed by atoms with E-state index in [1.165, 1.54) is 13.2 Å². The molecule has 0 atom stereocenters. The Morgan fingerprint density at radius 3 is 3.00 bits per heavy atom. The molecule has 1 N–H and O–H groups in total. The van der Waals surface area contributed by atoms with Crippen LogP contribution in [0.5, 0.6) is 0 Å². The number of carbonyl (C=O) groups is 1. The van der Waals surface area contributed by atoms with Crippen molar-refractivity contribution in [3.63, 3.8) is 0 Å². The largest absolute Gasteiger partial charge is 0.459 e. The molecule has 1 aromatic heterocycles. The molecule has 0 amide bonds. The van der Waals surface area contributed by atoms with E-state index in [9.17, 15) is 9.18 Å². The molecule has 0 bridgehead atoms. The molecule has 0 spiro atoms. The van der Waals surface area contributed by atoms with Gasteiger partial charge in [0, 0.05) is 18.2 Å². The smallest absolute Gasteiger partial charge is 0.384 e. The van der Waals surface area contributed by atoms with Crippen LogP contribution in [0.2, 0.25) is 0 Å². The molecule has 0 aliphatic heterocycles. The molecule has 0 radical (unpaired) electrons. The molecule has 0 aliphatic rings. The van der Waals surface area contributed by atoms with Crippen molar-refractivity contribution >= 4 is 5.97 Å². The minimum Gasteiger partial charge on any atom is -0.459 e.